The summed E-state index contributed by atoms with van der Waals surface area (Å²) in [6.07, 6.45) is 1.07. The number of benzene rings is 1. The zero-order valence-corrected chi connectivity index (χ0v) is 11.5. The van der Waals surface area contributed by atoms with Crippen LogP contribution in [0.25, 0.3) is 0 Å². The number of ether oxygens (including phenoxy) is 1. The fourth-order valence-corrected chi connectivity index (χ4v) is 1.85. The minimum absolute atomic E-state index is 0.555. The molecule has 0 radical (unpaired) electrons. The Morgan fingerprint density at radius 1 is 1.18 bits per heavy atom. The molecule has 1 atom stereocenters. The highest BCUT2D eigenvalue weighted by molar-refractivity contribution is 5.33. The molecule has 1 aromatic carbocycles. The second kappa shape index (κ2) is 7.33. The first-order valence-corrected chi connectivity index (χ1v) is 6.57. The van der Waals surface area contributed by atoms with Crippen LogP contribution in [-0.2, 0) is 6.42 Å². The Morgan fingerprint density at radius 3 is 2.53 bits per heavy atom. The van der Waals surface area contributed by atoms with E-state index in [1.54, 1.807) is 0 Å². The lowest BCUT2D eigenvalue weighted by atomic mass is 10.00. The standard InChI is InChI=1S/C15H25NO/c1-5-17-15-9-7-6-8-14(15)10-13(4)11-16-12(2)3/h6-9,12-13,16H,5,10-11H2,1-4H3. The van der Waals surface area contributed by atoms with Crippen LogP contribution < -0.4 is 10.1 Å². The average molecular weight is 235 g/mol. The molecule has 1 aromatic rings. The van der Waals surface area contributed by atoms with Crippen molar-refractivity contribution in [3.05, 3.63) is 29.8 Å². The van der Waals surface area contributed by atoms with Crippen molar-refractivity contribution < 1.29 is 4.74 Å². The van der Waals surface area contributed by atoms with E-state index in [9.17, 15) is 0 Å². The van der Waals surface area contributed by atoms with E-state index in [0.717, 1.165) is 25.3 Å². The first-order chi connectivity index (χ1) is 8.13. The zero-order chi connectivity index (χ0) is 12.7. The van der Waals surface area contributed by atoms with Gasteiger partial charge in [0.05, 0.1) is 6.61 Å². The second-order valence-corrected chi connectivity index (χ2v) is 4.91. The molecule has 0 spiro atoms. The first kappa shape index (κ1) is 14.0. The van der Waals surface area contributed by atoms with Crippen molar-refractivity contribution in [1.82, 2.24) is 5.32 Å². The SMILES string of the molecule is CCOc1ccccc1CC(C)CNC(C)C. The molecule has 0 heterocycles. The maximum atomic E-state index is 5.64. The smallest absolute Gasteiger partial charge is 0.122 e. The lowest BCUT2D eigenvalue weighted by Gasteiger charge is -2.17. The highest BCUT2D eigenvalue weighted by Crippen LogP contribution is 2.21. The molecular weight excluding hydrogens is 210 g/mol. The molecule has 0 saturated heterocycles. The predicted octanol–water partition coefficient (Wildman–Crippen LogP) is 3.26. The Balaban J connectivity index is 2.54. The summed E-state index contributed by atoms with van der Waals surface area (Å²) in [5, 5.41) is 3.48. The molecule has 1 rings (SSSR count). The van der Waals surface area contributed by atoms with Gasteiger partial charge in [-0.2, -0.15) is 0 Å². The molecular formula is C15H25NO. The molecule has 17 heavy (non-hydrogen) atoms. The highest BCUT2D eigenvalue weighted by Gasteiger charge is 2.08. The summed E-state index contributed by atoms with van der Waals surface area (Å²) in [5.74, 6) is 1.66. The summed E-state index contributed by atoms with van der Waals surface area (Å²) in [6.45, 7) is 10.5. The van der Waals surface area contributed by atoms with Gasteiger partial charge in [0.15, 0.2) is 0 Å². The molecule has 0 bridgehead atoms. The van der Waals surface area contributed by atoms with Crippen LogP contribution in [0.1, 0.15) is 33.3 Å². The van der Waals surface area contributed by atoms with Crippen molar-refractivity contribution in [3.63, 3.8) is 0 Å². The summed E-state index contributed by atoms with van der Waals surface area (Å²) in [6, 6.07) is 8.89. The van der Waals surface area contributed by atoms with E-state index in [-0.39, 0.29) is 0 Å². The van der Waals surface area contributed by atoms with Crippen LogP contribution in [-0.4, -0.2) is 19.2 Å². The Labute approximate surface area is 105 Å². The van der Waals surface area contributed by atoms with Gasteiger partial charge < -0.3 is 10.1 Å². The topological polar surface area (TPSA) is 21.3 Å². The quantitative estimate of drug-likeness (QED) is 0.783. The first-order valence-electron chi connectivity index (χ1n) is 6.57. The number of hydrogen-bond donors (Lipinski definition) is 1. The summed E-state index contributed by atoms with van der Waals surface area (Å²) >= 11 is 0. The van der Waals surface area contributed by atoms with Crippen molar-refractivity contribution in [2.45, 2.75) is 40.2 Å². The largest absolute Gasteiger partial charge is 0.494 e. The number of rotatable bonds is 7. The van der Waals surface area contributed by atoms with Crippen molar-refractivity contribution in [2.24, 2.45) is 5.92 Å². The van der Waals surface area contributed by atoms with E-state index in [0.29, 0.717) is 12.0 Å². The summed E-state index contributed by atoms with van der Waals surface area (Å²) < 4.78 is 5.64. The van der Waals surface area contributed by atoms with E-state index in [4.69, 9.17) is 4.74 Å². The molecule has 0 saturated carbocycles. The Bertz CT molecular complexity index is 322. The molecule has 0 aliphatic heterocycles. The number of hydrogen-bond acceptors (Lipinski definition) is 2. The van der Waals surface area contributed by atoms with Crippen LogP contribution in [0.2, 0.25) is 0 Å². The van der Waals surface area contributed by atoms with Crippen molar-refractivity contribution >= 4 is 0 Å². The Morgan fingerprint density at radius 2 is 1.88 bits per heavy atom. The molecule has 0 aliphatic rings. The molecule has 2 heteroatoms. The lowest BCUT2D eigenvalue weighted by molar-refractivity contribution is 0.334. The van der Waals surface area contributed by atoms with E-state index < -0.39 is 0 Å². The second-order valence-electron chi connectivity index (χ2n) is 4.91. The third-order valence-corrected chi connectivity index (χ3v) is 2.72. The average Bonchev–Trinajstić information content (AvgIpc) is 2.29. The fraction of sp³-hybridized carbons (Fsp3) is 0.600. The van der Waals surface area contributed by atoms with Crippen LogP contribution in [0.4, 0.5) is 0 Å². The monoisotopic (exact) mass is 235 g/mol. The third-order valence-electron chi connectivity index (χ3n) is 2.72. The third kappa shape index (κ3) is 5.22. The lowest BCUT2D eigenvalue weighted by Crippen LogP contribution is -2.28. The molecule has 1 N–H and O–H groups in total. The predicted molar refractivity (Wildman–Crippen MR) is 73.6 cm³/mol. The number of nitrogens with one attached hydrogen (secondary N) is 1. The molecule has 1 unspecified atom stereocenters. The minimum atomic E-state index is 0.555. The molecule has 96 valence electrons. The molecule has 0 aliphatic carbocycles. The normalized spacial score (nSPS) is 12.8. The highest BCUT2D eigenvalue weighted by atomic mass is 16.5. The van der Waals surface area contributed by atoms with Gasteiger partial charge in [-0.3, -0.25) is 0 Å². The molecule has 0 aromatic heterocycles. The van der Waals surface area contributed by atoms with Gasteiger partial charge in [-0.15, -0.1) is 0 Å². The van der Waals surface area contributed by atoms with Gasteiger partial charge in [0, 0.05) is 6.04 Å². The zero-order valence-electron chi connectivity index (χ0n) is 11.5. The van der Waals surface area contributed by atoms with Gasteiger partial charge in [-0.25, -0.2) is 0 Å². The summed E-state index contributed by atoms with van der Waals surface area (Å²) in [5.41, 5.74) is 1.31. The van der Waals surface area contributed by atoms with Crippen molar-refractivity contribution in [3.8, 4) is 5.75 Å². The van der Waals surface area contributed by atoms with Crippen LogP contribution >= 0.6 is 0 Å². The summed E-state index contributed by atoms with van der Waals surface area (Å²) in [4.78, 5) is 0. The van der Waals surface area contributed by atoms with E-state index in [2.05, 4.69) is 44.3 Å². The maximum absolute atomic E-state index is 5.64. The van der Waals surface area contributed by atoms with Gasteiger partial charge in [-0.1, -0.05) is 39.0 Å². The molecule has 0 fully saturated rings. The Kier molecular flexibility index (Phi) is 6.06. The van der Waals surface area contributed by atoms with E-state index in [1.165, 1.54) is 5.56 Å². The van der Waals surface area contributed by atoms with Crippen LogP contribution in [0, 0.1) is 5.92 Å². The van der Waals surface area contributed by atoms with Gasteiger partial charge >= 0.3 is 0 Å². The fourth-order valence-electron chi connectivity index (χ4n) is 1.85. The van der Waals surface area contributed by atoms with Crippen molar-refractivity contribution in [2.75, 3.05) is 13.2 Å². The van der Waals surface area contributed by atoms with Gasteiger partial charge in [-0.05, 0) is 37.4 Å². The van der Waals surface area contributed by atoms with Gasteiger partial charge in [0.25, 0.3) is 0 Å². The summed E-state index contributed by atoms with van der Waals surface area (Å²) in [7, 11) is 0. The van der Waals surface area contributed by atoms with E-state index >= 15 is 0 Å². The van der Waals surface area contributed by atoms with Gasteiger partial charge in [0.2, 0.25) is 0 Å². The van der Waals surface area contributed by atoms with Crippen LogP contribution in [0.3, 0.4) is 0 Å². The molecule has 0 amide bonds. The van der Waals surface area contributed by atoms with Crippen LogP contribution in [0.5, 0.6) is 5.75 Å². The van der Waals surface area contributed by atoms with Gasteiger partial charge in [0.1, 0.15) is 5.75 Å². The van der Waals surface area contributed by atoms with Crippen molar-refractivity contribution in [1.29, 1.82) is 0 Å². The molecule has 2 nitrogen and oxygen atoms in total. The number of para-hydroxylation sites is 1. The van der Waals surface area contributed by atoms with E-state index in [1.807, 2.05) is 13.0 Å². The Hall–Kier alpha value is -1.02. The van der Waals surface area contributed by atoms with Crippen LogP contribution in [0.15, 0.2) is 24.3 Å². The maximum Gasteiger partial charge on any atom is 0.122 e. The minimum Gasteiger partial charge on any atom is -0.494 e.